The van der Waals surface area contributed by atoms with Crippen molar-refractivity contribution in [2.45, 2.75) is 65.2 Å². The van der Waals surface area contributed by atoms with Gasteiger partial charge in [-0.15, -0.1) is 0 Å². The van der Waals surface area contributed by atoms with Crippen LogP contribution in [0, 0.1) is 34.5 Å². The van der Waals surface area contributed by atoms with E-state index < -0.39 is 0 Å². The van der Waals surface area contributed by atoms with Crippen molar-refractivity contribution >= 4 is 22.5 Å². The molecule has 1 aromatic carbocycles. The number of allylic oxidation sites excluding steroid dienone is 2. The van der Waals surface area contributed by atoms with Gasteiger partial charge in [0.15, 0.2) is 0 Å². The number of fused-ring (bicyclic) bond motifs is 6. The van der Waals surface area contributed by atoms with Gasteiger partial charge in [0.05, 0.1) is 11.0 Å². The average molecular weight is 389 g/mol. The fraction of sp³-hybridized carbons (Fsp3) is 0.615. The summed E-state index contributed by atoms with van der Waals surface area (Å²) in [4.78, 5) is 16.8. The van der Waals surface area contributed by atoms with Crippen LogP contribution in [0.2, 0.25) is 0 Å². The minimum Gasteiger partial charge on any atom is -0.302 e. The molecule has 0 saturated heterocycles. The highest BCUT2D eigenvalue weighted by atomic mass is 16.1. The SMILES string of the molecule is CC12CCC(=O)C[C@@H]1CCC1C2CC[C@]2(C)C(n3cnc4ccccc43)=CCC12. The summed E-state index contributed by atoms with van der Waals surface area (Å²) in [5.41, 5.74) is 4.46. The van der Waals surface area contributed by atoms with Crippen LogP contribution in [-0.4, -0.2) is 15.3 Å². The predicted molar refractivity (Wildman–Crippen MR) is 116 cm³/mol. The number of aromatic nitrogens is 2. The summed E-state index contributed by atoms with van der Waals surface area (Å²) >= 11 is 0. The molecule has 4 aliphatic carbocycles. The molecule has 0 amide bonds. The zero-order valence-corrected chi connectivity index (χ0v) is 17.7. The monoisotopic (exact) mass is 388 g/mol. The smallest absolute Gasteiger partial charge is 0.133 e. The molecule has 3 saturated carbocycles. The summed E-state index contributed by atoms with van der Waals surface area (Å²) in [5.74, 6) is 3.52. The topological polar surface area (TPSA) is 34.9 Å². The summed E-state index contributed by atoms with van der Waals surface area (Å²) in [7, 11) is 0. The van der Waals surface area contributed by atoms with Crippen molar-refractivity contribution in [2.24, 2.45) is 34.5 Å². The molecule has 1 heterocycles. The Morgan fingerprint density at radius 1 is 1.07 bits per heavy atom. The van der Waals surface area contributed by atoms with Gasteiger partial charge in [-0.3, -0.25) is 4.79 Å². The van der Waals surface area contributed by atoms with Crippen LogP contribution in [-0.2, 0) is 4.79 Å². The highest BCUT2D eigenvalue weighted by molar-refractivity contribution is 5.80. The standard InChI is InChI=1S/C26H32N2O/c1-25-13-11-18(29)15-17(25)7-8-19-20-9-10-24(26(20,2)14-12-21(19)25)28-16-27-22-5-3-4-6-23(22)28/h3-6,10,16-17,19-21H,7-9,11-15H2,1-2H3/t17-,19?,20?,21?,25?,26-/m0/s1. The number of carbonyl (C=O) groups excluding carboxylic acids is 1. The first kappa shape index (κ1) is 17.9. The molecule has 3 nitrogen and oxygen atoms in total. The molecule has 0 bridgehead atoms. The van der Waals surface area contributed by atoms with Crippen molar-refractivity contribution in [3.63, 3.8) is 0 Å². The highest BCUT2D eigenvalue weighted by Gasteiger charge is 2.58. The lowest BCUT2D eigenvalue weighted by atomic mass is 9.45. The van der Waals surface area contributed by atoms with Gasteiger partial charge in [-0.1, -0.05) is 32.1 Å². The first-order valence-electron chi connectivity index (χ1n) is 11.7. The van der Waals surface area contributed by atoms with Gasteiger partial charge >= 0.3 is 0 Å². The lowest BCUT2D eigenvalue weighted by Crippen LogP contribution is -2.53. The summed E-state index contributed by atoms with van der Waals surface area (Å²) in [6, 6.07) is 8.52. The van der Waals surface area contributed by atoms with E-state index in [0.717, 1.165) is 42.5 Å². The average Bonchev–Trinajstić information content (AvgIpc) is 3.29. The minimum atomic E-state index is 0.248. The predicted octanol–water partition coefficient (Wildman–Crippen LogP) is 6.10. The van der Waals surface area contributed by atoms with E-state index in [9.17, 15) is 4.79 Å². The number of imidazole rings is 1. The van der Waals surface area contributed by atoms with Crippen LogP contribution in [0.1, 0.15) is 65.2 Å². The van der Waals surface area contributed by atoms with E-state index in [1.54, 1.807) is 0 Å². The molecule has 3 fully saturated rings. The molecular weight excluding hydrogens is 356 g/mol. The van der Waals surface area contributed by atoms with Gasteiger partial charge in [0.25, 0.3) is 0 Å². The number of carbonyl (C=O) groups is 1. The van der Waals surface area contributed by atoms with E-state index in [2.05, 4.69) is 53.7 Å². The Bertz CT molecular complexity index is 1020. The lowest BCUT2D eigenvalue weighted by molar-refractivity contribution is -0.136. The molecule has 0 N–H and O–H groups in total. The van der Waals surface area contributed by atoms with Gasteiger partial charge in [-0.2, -0.15) is 0 Å². The van der Waals surface area contributed by atoms with Crippen molar-refractivity contribution in [3.05, 3.63) is 36.7 Å². The van der Waals surface area contributed by atoms with Crippen molar-refractivity contribution in [1.82, 2.24) is 9.55 Å². The van der Waals surface area contributed by atoms with Gasteiger partial charge < -0.3 is 4.57 Å². The van der Waals surface area contributed by atoms with E-state index in [0.29, 0.717) is 17.1 Å². The Balaban J connectivity index is 1.34. The second kappa shape index (κ2) is 6.06. The maximum absolute atomic E-state index is 12.1. The molecule has 0 spiro atoms. The van der Waals surface area contributed by atoms with Crippen molar-refractivity contribution in [1.29, 1.82) is 0 Å². The molecule has 4 unspecified atom stereocenters. The summed E-state index contributed by atoms with van der Waals surface area (Å²) in [6.45, 7) is 5.07. The van der Waals surface area contributed by atoms with Crippen molar-refractivity contribution < 1.29 is 4.79 Å². The fourth-order valence-electron chi connectivity index (χ4n) is 8.11. The summed E-state index contributed by atoms with van der Waals surface area (Å²) in [6.07, 6.45) is 13.8. The van der Waals surface area contributed by atoms with Gasteiger partial charge in [-0.25, -0.2) is 4.98 Å². The van der Waals surface area contributed by atoms with Crippen molar-refractivity contribution in [3.8, 4) is 0 Å². The minimum absolute atomic E-state index is 0.248. The van der Waals surface area contributed by atoms with Crippen LogP contribution >= 0.6 is 0 Å². The number of hydrogen-bond acceptors (Lipinski definition) is 2. The molecule has 152 valence electrons. The molecule has 6 rings (SSSR count). The number of nitrogens with zero attached hydrogens (tertiary/aromatic N) is 2. The van der Waals surface area contributed by atoms with Crippen LogP contribution in [0.4, 0.5) is 0 Å². The Morgan fingerprint density at radius 2 is 1.93 bits per heavy atom. The lowest BCUT2D eigenvalue weighted by Gasteiger charge is -2.60. The summed E-state index contributed by atoms with van der Waals surface area (Å²) < 4.78 is 2.38. The van der Waals surface area contributed by atoms with E-state index in [4.69, 9.17) is 0 Å². The van der Waals surface area contributed by atoms with Gasteiger partial charge in [0, 0.05) is 24.0 Å². The number of hydrogen-bond donors (Lipinski definition) is 0. The van der Waals surface area contributed by atoms with Gasteiger partial charge in [-0.05, 0) is 79.7 Å². The van der Waals surface area contributed by atoms with Crippen LogP contribution in [0.25, 0.3) is 16.7 Å². The second-order valence-corrected chi connectivity index (χ2v) is 10.8. The third-order valence-electron chi connectivity index (χ3n) is 9.73. The first-order chi connectivity index (χ1) is 14.0. The Morgan fingerprint density at radius 3 is 2.83 bits per heavy atom. The first-order valence-corrected chi connectivity index (χ1v) is 11.7. The number of benzene rings is 1. The maximum atomic E-state index is 12.1. The van der Waals surface area contributed by atoms with Gasteiger partial charge in [0.2, 0.25) is 0 Å². The molecule has 0 aliphatic heterocycles. The number of para-hydroxylation sites is 2. The molecule has 6 atom stereocenters. The molecular formula is C26H32N2O. The molecule has 3 heteroatoms. The number of Topliss-reactive ketones (excluding diaryl/α,β-unsaturated/α-hetero) is 1. The molecule has 29 heavy (non-hydrogen) atoms. The normalized spacial score (nSPS) is 41.6. The Kier molecular flexibility index (Phi) is 3.74. The largest absolute Gasteiger partial charge is 0.302 e. The van der Waals surface area contributed by atoms with Gasteiger partial charge in [0.1, 0.15) is 12.1 Å². The van der Waals surface area contributed by atoms with Crippen LogP contribution in [0.5, 0.6) is 0 Å². The Labute approximate surface area is 173 Å². The van der Waals surface area contributed by atoms with E-state index in [1.807, 2.05) is 6.33 Å². The molecule has 4 aliphatic rings. The Hall–Kier alpha value is -1.90. The van der Waals surface area contributed by atoms with E-state index in [-0.39, 0.29) is 5.41 Å². The molecule has 2 aromatic rings. The third kappa shape index (κ3) is 2.36. The van der Waals surface area contributed by atoms with Crippen LogP contribution in [0.15, 0.2) is 36.7 Å². The summed E-state index contributed by atoms with van der Waals surface area (Å²) in [5, 5.41) is 0. The second-order valence-electron chi connectivity index (χ2n) is 10.8. The maximum Gasteiger partial charge on any atom is 0.133 e. The number of rotatable bonds is 1. The highest BCUT2D eigenvalue weighted by Crippen LogP contribution is 2.66. The zero-order chi connectivity index (χ0) is 19.8. The number of ketones is 1. The quantitative estimate of drug-likeness (QED) is 0.592. The van der Waals surface area contributed by atoms with Crippen molar-refractivity contribution in [2.75, 3.05) is 0 Å². The van der Waals surface area contributed by atoms with E-state index in [1.165, 1.54) is 43.3 Å². The molecule has 0 radical (unpaired) electrons. The van der Waals surface area contributed by atoms with E-state index >= 15 is 0 Å². The molecule has 1 aromatic heterocycles. The fourth-order valence-corrected chi connectivity index (χ4v) is 8.11. The zero-order valence-electron chi connectivity index (χ0n) is 17.7. The third-order valence-corrected chi connectivity index (χ3v) is 9.73. The van der Waals surface area contributed by atoms with Crippen LogP contribution < -0.4 is 0 Å². The van der Waals surface area contributed by atoms with Crippen LogP contribution in [0.3, 0.4) is 0 Å².